The molecule has 0 rings (SSSR count). The van der Waals surface area contributed by atoms with E-state index in [-0.39, 0.29) is 0 Å². The highest BCUT2D eigenvalue weighted by Crippen LogP contribution is 2.16. The second-order valence-electron chi connectivity index (χ2n) is 5.83. The van der Waals surface area contributed by atoms with Gasteiger partial charge in [0.1, 0.15) is 0 Å². The summed E-state index contributed by atoms with van der Waals surface area (Å²) in [5, 5.41) is 0. The van der Waals surface area contributed by atoms with Crippen molar-refractivity contribution in [3.05, 3.63) is 0 Å². The molecule has 0 spiro atoms. The normalized spacial score (nSPS) is 11.5. The molecular formula is C17H39NO5Si2. The third-order valence-corrected chi connectivity index (χ3v) is 9.74. The Morgan fingerprint density at radius 2 is 1.16 bits per heavy atom. The molecule has 0 saturated carbocycles. The van der Waals surface area contributed by atoms with E-state index in [4.69, 9.17) is 17.7 Å². The van der Waals surface area contributed by atoms with E-state index in [0.29, 0.717) is 19.8 Å². The van der Waals surface area contributed by atoms with Crippen molar-refractivity contribution < 1.29 is 22.5 Å². The summed E-state index contributed by atoms with van der Waals surface area (Å²) in [4.78, 5) is 13.3. The van der Waals surface area contributed by atoms with Gasteiger partial charge in [0, 0.05) is 26.4 Å². The number of rotatable bonds is 14. The van der Waals surface area contributed by atoms with Crippen LogP contribution in [-0.2, 0) is 22.5 Å². The maximum Gasteiger partial charge on any atom is 0.334 e. The Bertz CT molecular complexity index is 329. The van der Waals surface area contributed by atoms with Crippen LogP contribution in [0.3, 0.4) is 0 Å². The Morgan fingerprint density at radius 1 is 0.760 bits per heavy atom. The lowest BCUT2D eigenvalue weighted by molar-refractivity contribution is 0.188. The van der Waals surface area contributed by atoms with E-state index >= 15 is 0 Å². The summed E-state index contributed by atoms with van der Waals surface area (Å²) in [5.41, 5.74) is 0. The number of nitrogens with zero attached hydrogens (tertiary/aromatic N) is 1. The average molecular weight is 394 g/mol. The van der Waals surface area contributed by atoms with Crippen LogP contribution in [0.1, 0.15) is 47.5 Å². The van der Waals surface area contributed by atoms with E-state index in [1.165, 1.54) is 6.08 Å². The molecule has 8 heteroatoms. The highest BCUT2D eigenvalue weighted by molar-refractivity contribution is 6.66. The molecule has 0 amide bonds. The first kappa shape index (κ1) is 26.9. The van der Waals surface area contributed by atoms with E-state index in [1.807, 2.05) is 34.2 Å². The topological polar surface area (TPSA) is 66.3 Å². The van der Waals surface area contributed by atoms with Crippen molar-refractivity contribution in [2.75, 3.05) is 33.0 Å². The molecule has 0 unspecified atom stereocenters. The van der Waals surface area contributed by atoms with Crippen LogP contribution in [0.25, 0.3) is 0 Å². The van der Waals surface area contributed by atoms with Crippen molar-refractivity contribution >= 4 is 23.2 Å². The molecule has 0 N–H and O–H groups in total. The van der Waals surface area contributed by atoms with Crippen LogP contribution in [0.5, 0.6) is 0 Å². The molecule has 6 nitrogen and oxygen atoms in total. The van der Waals surface area contributed by atoms with Crippen LogP contribution >= 0.6 is 0 Å². The summed E-state index contributed by atoms with van der Waals surface area (Å²) in [7, 11) is -3.74. The zero-order valence-corrected chi connectivity index (χ0v) is 19.4. The predicted octanol–water partition coefficient (Wildman–Crippen LogP) is 4.40. The minimum absolute atomic E-state index is 0.520. The third kappa shape index (κ3) is 15.6. The molecule has 0 aliphatic carbocycles. The van der Waals surface area contributed by atoms with Gasteiger partial charge in [0.25, 0.3) is 0 Å². The van der Waals surface area contributed by atoms with Crippen LogP contribution in [0, 0.1) is 0 Å². The van der Waals surface area contributed by atoms with Crippen molar-refractivity contribution in [2.45, 2.75) is 72.6 Å². The standard InChI is InChI=1S/C9H19NO3Si.C8H20O2Si/c1-4-12-14(3,13-5-2)8-6-7-10-9-11;1-5-8-11(4,9-6-2)10-7-3/h4-8H2,1-3H3;5-8H2,1-4H3. The van der Waals surface area contributed by atoms with Crippen molar-refractivity contribution in [1.29, 1.82) is 0 Å². The first-order valence-electron chi connectivity index (χ1n) is 9.46. The molecule has 25 heavy (non-hydrogen) atoms. The Balaban J connectivity index is 0. The van der Waals surface area contributed by atoms with Gasteiger partial charge in [0.05, 0.1) is 6.54 Å². The van der Waals surface area contributed by atoms with E-state index < -0.39 is 17.1 Å². The highest BCUT2D eigenvalue weighted by atomic mass is 28.4. The fourth-order valence-electron chi connectivity index (χ4n) is 2.57. The lowest BCUT2D eigenvalue weighted by Crippen LogP contribution is -2.38. The SMILES string of the molecule is CCC[Si](C)(OCC)OCC.CCO[Si](C)(CCCN=C=O)OCC. The van der Waals surface area contributed by atoms with Crippen molar-refractivity contribution in [2.24, 2.45) is 4.99 Å². The Hall–Kier alpha value is -0.346. The first-order chi connectivity index (χ1) is 11.9. The quantitative estimate of drug-likeness (QED) is 0.189. The lowest BCUT2D eigenvalue weighted by Gasteiger charge is -2.25. The van der Waals surface area contributed by atoms with E-state index in [2.05, 4.69) is 18.5 Å². The zero-order chi connectivity index (χ0) is 19.6. The van der Waals surface area contributed by atoms with Gasteiger partial charge < -0.3 is 17.7 Å². The van der Waals surface area contributed by atoms with Gasteiger partial charge in [-0.15, -0.1) is 0 Å². The maximum absolute atomic E-state index is 9.84. The largest absolute Gasteiger partial charge is 0.395 e. The summed E-state index contributed by atoms with van der Waals surface area (Å²) in [5.74, 6) is 0. The maximum atomic E-state index is 9.84. The van der Waals surface area contributed by atoms with Crippen LogP contribution in [0.15, 0.2) is 4.99 Å². The molecule has 150 valence electrons. The lowest BCUT2D eigenvalue weighted by atomic mass is 10.5. The van der Waals surface area contributed by atoms with Crippen molar-refractivity contribution in [3.63, 3.8) is 0 Å². The van der Waals surface area contributed by atoms with Gasteiger partial charge in [0.2, 0.25) is 6.08 Å². The molecular weight excluding hydrogens is 354 g/mol. The molecule has 0 fully saturated rings. The third-order valence-electron chi connectivity index (χ3n) is 3.47. The van der Waals surface area contributed by atoms with Gasteiger partial charge in [-0.05, 0) is 59.3 Å². The molecule has 0 bridgehead atoms. The van der Waals surface area contributed by atoms with Crippen LogP contribution < -0.4 is 0 Å². The monoisotopic (exact) mass is 393 g/mol. The van der Waals surface area contributed by atoms with Gasteiger partial charge in [-0.2, -0.15) is 0 Å². The number of aliphatic imine (C=N–C) groups is 1. The summed E-state index contributed by atoms with van der Waals surface area (Å²) in [6.07, 6.45) is 3.51. The number of hydrogen-bond acceptors (Lipinski definition) is 6. The Labute approximate surface area is 156 Å². The van der Waals surface area contributed by atoms with Crippen LogP contribution in [0.2, 0.25) is 25.2 Å². The van der Waals surface area contributed by atoms with E-state index in [1.54, 1.807) is 0 Å². The molecule has 0 atom stereocenters. The van der Waals surface area contributed by atoms with Gasteiger partial charge in [-0.1, -0.05) is 13.3 Å². The Kier molecular flexibility index (Phi) is 18.4. The smallest absolute Gasteiger partial charge is 0.334 e. The summed E-state index contributed by atoms with van der Waals surface area (Å²) in [6, 6.07) is 1.98. The van der Waals surface area contributed by atoms with Gasteiger partial charge in [0.15, 0.2) is 0 Å². The molecule has 0 aromatic heterocycles. The molecule has 0 radical (unpaired) electrons. The van der Waals surface area contributed by atoms with Crippen molar-refractivity contribution in [3.8, 4) is 0 Å². The van der Waals surface area contributed by atoms with Crippen molar-refractivity contribution in [1.82, 2.24) is 0 Å². The highest BCUT2D eigenvalue weighted by Gasteiger charge is 2.30. The molecule has 0 aliphatic heterocycles. The van der Waals surface area contributed by atoms with Gasteiger partial charge in [-0.3, -0.25) is 0 Å². The number of hydrogen-bond donors (Lipinski definition) is 0. The molecule has 0 aromatic rings. The fraction of sp³-hybridized carbons (Fsp3) is 0.941. The molecule has 0 aromatic carbocycles. The minimum atomic E-state index is -1.99. The second-order valence-corrected chi connectivity index (χ2v) is 12.5. The zero-order valence-electron chi connectivity index (χ0n) is 17.4. The predicted molar refractivity (Wildman–Crippen MR) is 107 cm³/mol. The summed E-state index contributed by atoms with van der Waals surface area (Å²) >= 11 is 0. The molecule has 0 aliphatic rings. The van der Waals surface area contributed by atoms with E-state index in [9.17, 15) is 4.79 Å². The van der Waals surface area contributed by atoms with E-state index in [0.717, 1.165) is 38.1 Å². The van der Waals surface area contributed by atoms with Crippen LogP contribution in [0.4, 0.5) is 0 Å². The van der Waals surface area contributed by atoms with Gasteiger partial charge in [-0.25, -0.2) is 9.79 Å². The minimum Gasteiger partial charge on any atom is -0.395 e. The fourth-order valence-corrected chi connectivity index (χ4v) is 7.47. The summed E-state index contributed by atoms with van der Waals surface area (Å²) in [6.45, 7) is 17.8. The Morgan fingerprint density at radius 3 is 1.48 bits per heavy atom. The number of carbonyl (C=O) groups excluding carboxylic acids is 1. The second kappa shape index (κ2) is 17.1. The first-order valence-corrected chi connectivity index (χ1v) is 14.5. The van der Waals surface area contributed by atoms with Crippen LogP contribution in [-0.4, -0.2) is 56.2 Å². The number of isocyanates is 1. The van der Waals surface area contributed by atoms with Gasteiger partial charge >= 0.3 is 17.1 Å². The molecule has 0 saturated heterocycles. The molecule has 0 heterocycles. The summed E-state index contributed by atoms with van der Waals surface area (Å²) < 4.78 is 22.5. The average Bonchev–Trinajstić information content (AvgIpc) is 2.53.